The molecule has 0 saturated heterocycles. The van der Waals surface area contributed by atoms with Crippen molar-refractivity contribution < 1.29 is 14.2 Å². The molecule has 0 amide bonds. The molecular weight excluding hydrogens is 360 g/mol. The van der Waals surface area contributed by atoms with Gasteiger partial charge in [-0.3, -0.25) is 9.59 Å². The van der Waals surface area contributed by atoms with E-state index in [2.05, 4.69) is 17.6 Å². The van der Waals surface area contributed by atoms with Crippen LogP contribution >= 0.6 is 0 Å². The number of hydrogen-bond donors (Lipinski definition) is 0. The molecule has 0 saturated carbocycles. The minimum Gasteiger partial charge on any atom is -0.340 e. The van der Waals surface area contributed by atoms with Crippen LogP contribution in [0.2, 0.25) is 0 Å². The smallest absolute Gasteiger partial charge is 0.230 e. The van der Waals surface area contributed by atoms with Crippen LogP contribution in [-0.4, -0.2) is 16.1 Å². The quantitative estimate of drug-likeness (QED) is 0.358. The monoisotopic (exact) mass is 383 g/mol. The third-order valence-electron chi connectivity index (χ3n) is 5.20. The molecule has 0 aliphatic carbocycles. The van der Waals surface area contributed by atoms with Gasteiger partial charge in [0.1, 0.15) is 0 Å². The van der Waals surface area contributed by atoms with Crippen molar-refractivity contribution in [3.63, 3.8) is 0 Å². The van der Waals surface area contributed by atoms with Crippen LogP contribution < -0.4 is 4.57 Å². The first-order chi connectivity index (χ1) is 14.1. The lowest BCUT2D eigenvalue weighted by atomic mass is 10.0. The van der Waals surface area contributed by atoms with Gasteiger partial charge in [-0.2, -0.15) is 4.57 Å². The van der Waals surface area contributed by atoms with Gasteiger partial charge in [-0.25, -0.2) is 0 Å². The molecule has 2 heterocycles. The van der Waals surface area contributed by atoms with Gasteiger partial charge in [-0.05, 0) is 31.5 Å². The van der Waals surface area contributed by atoms with Crippen molar-refractivity contribution in [2.75, 3.05) is 0 Å². The van der Waals surface area contributed by atoms with E-state index in [9.17, 15) is 9.59 Å². The SMILES string of the molecule is CCn1c(-c2ccccc2)c(C(=O)C[n+]2cccc(C(C)=O)c2)c2ccccc21. The molecule has 0 bridgehead atoms. The van der Waals surface area contributed by atoms with E-state index in [1.165, 1.54) is 6.92 Å². The number of pyridine rings is 1. The number of aryl methyl sites for hydroxylation is 1. The second-order valence-corrected chi connectivity index (χ2v) is 7.10. The fourth-order valence-electron chi connectivity index (χ4n) is 3.88. The van der Waals surface area contributed by atoms with E-state index >= 15 is 0 Å². The molecule has 0 spiro atoms. The molecular formula is C25H23N2O2+. The van der Waals surface area contributed by atoms with Crippen molar-refractivity contribution in [1.82, 2.24) is 4.57 Å². The zero-order valence-electron chi connectivity index (χ0n) is 16.6. The second kappa shape index (κ2) is 7.84. The van der Waals surface area contributed by atoms with E-state index in [1.54, 1.807) is 22.9 Å². The van der Waals surface area contributed by atoms with E-state index in [4.69, 9.17) is 0 Å². The molecule has 4 heteroatoms. The number of carbonyl (C=O) groups is 2. The largest absolute Gasteiger partial charge is 0.340 e. The van der Waals surface area contributed by atoms with Crippen LogP contribution in [-0.2, 0) is 13.1 Å². The van der Waals surface area contributed by atoms with Crippen molar-refractivity contribution >= 4 is 22.5 Å². The van der Waals surface area contributed by atoms with Crippen LogP contribution in [0.3, 0.4) is 0 Å². The van der Waals surface area contributed by atoms with Crippen molar-refractivity contribution in [1.29, 1.82) is 0 Å². The van der Waals surface area contributed by atoms with E-state index in [0.717, 1.165) is 34.3 Å². The summed E-state index contributed by atoms with van der Waals surface area (Å²) in [5.74, 6) is 0.0114. The van der Waals surface area contributed by atoms with Gasteiger partial charge in [0, 0.05) is 23.5 Å². The van der Waals surface area contributed by atoms with Crippen LogP contribution in [0, 0.1) is 0 Å². The van der Waals surface area contributed by atoms with Gasteiger partial charge in [-0.15, -0.1) is 0 Å². The average molecular weight is 383 g/mol. The van der Waals surface area contributed by atoms with Gasteiger partial charge in [0.2, 0.25) is 12.3 Å². The van der Waals surface area contributed by atoms with Gasteiger partial charge in [-0.1, -0.05) is 48.5 Å². The molecule has 0 unspecified atom stereocenters. The summed E-state index contributed by atoms with van der Waals surface area (Å²) < 4.78 is 3.99. The van der Waals surface area contributed by atoms with Gasteiger partial charge in [0.05, 0.1) is 16.8 Å². The molecule has 144 valence electrons. The predicted octanol–water partition coefficient (Wildman–Crippen LogP) is 4.70. The fraction of sp³-hybridized carbons (Fsp3) is 0.160. The predicted molar refractivity (Wildman–Crippen MR) is 114 cm³/mol. The molecule has 4 nitrogen and oxygen atoms in total. The summed E-state index contributed by atoms with van der Waals surface area (Å²) in [6.45, 7) is 4.58. The number of hydrogen-bond acceptors (Lipinski definition) is 2. The highest BCUT2D eigenvalue weighted by atomic mass is 16.1. The lowest BCUT2D eigenvalue weighted by Gasteiger charge is -2.10. The normalized spacial score (nSPS) is 11.0. The third-order valence-corrected chi connectivity index (χ3v) is 5.20. The Balaban J connectivity index is 1.87. The molecule has 0 N–H and O–H groups in total. The summed E-state index contributed by atoms with van der Waals surface area (Å²) in [5, 5.41) is 0.960. The lowest BCUT2D eigenvalue weighted by molar-refractivity contribution is -0.683. The number of para-hydroxylation sites is 1. The Morgan fingerprint density at radius 2 is 1.66 bits per heavy atom. The van der Waals surface area contributed by atoms with Gasteiger partial charge < -0.3 is 4.57 Å². The first-order valence-electron chi connectivity index (χ1n) is 9.80. The molecule has 2 aromatic carbocycles. The number of rotatable bonds is 6. The minimum atomic E-state index is -0.0145. The zero-order chi connectivity index (χ0) is 20.4. The third kappa shape index (κ3) is 3.49. The summed E-state index contributed by atoms with van der Waals surface area (Å²) in [7, 11) is 0. The highest BCUT2D eigenvalue weighted by Crippen LogP contribution is 2.34. The first-order valence-corrected chi connectivity index (χ1v) is 9.80. The number of carbonyl (C=O) groups excluding carboxylic acids is 2. The molecule has 29 heavy (non-hydrogen) atoms. The molecule has 0 aliphatic heterocycles. The lowest BCUT2D eigenvalue weighted by Crippen LogP contribution is -2.38. The van der Waals surface area contributed by atoms with Crippen LogP contribution in [0.4, 0.5) is 0 Å². The highest BCUT2D eigenvalue weighted by Gasteiger charge is 2.25. The summed E-state index contributed by atoms with van der Waals surface area (Å²) in [4.78, 5) is 25.2. The molecule has 4 rings (SSSR count). The number of Topliss-reactive ketones (excluding diaryl/α,β-unsaturated/α-hetero) is 2. The van der Waals surface area contributed by atoms with E-state index < -0.39 is 0 Å². The van der Waals surface area contributed by atoms with E-state index in [1.807, 2.05) is 54.7 Å². The Hall–Kier alpha value is -3.53. The maximum absolute atomic E-state index is 13.5. The summed E-state index contributed by atoms with van der Waals surface area (Å²) >= 11 is 0. The molecule has 0 atom stereocenters. The zero-order valence-corrected chi connectivity index (χ0v) is 16.6. The molecule has 0 aliphatic rings. The minimum absolute atomic E-state index is 0.0145. The van der Waals surface area contributed by atoms with Crippen molar-refractivity contribution in [2.24, 2.45) is 0 Å². The Morgan fingerprint density at radius 3 is 2.38 bits per heavy atom. The van der Waals surface area contributed by atoms with Gasteiger partial charge in [0.25, 0.3) is 0 Å². The number of benzene rings is 2. The molecule has 0 fully saturated rings. The Labute approximate surface area is 170 Å². The molecule has 2 aromatic heterocycles. The fourth-order valence-corrected chi connectivity index (χ4v) is 3.88. The van der Waals surface area contributed by atoms with E-state index in [-0.39, 0.29) is 18.1 Å². The summed E-state index contributed by atoms with van der Waals surface area (Å²) in [6, 6.07) is 21.7. The van der Waals surface area contributed by atoms with Crippen LogP contribution in [0.25, 0.3) is 22.2 Å². The Kier molecular flexibility index (Phi) is 5.09. The maximum atomic E-state index is 13.5. The highest BCUT2D eigenvalue weighted by molar-refractivity contribution is 6.13. The summed E-state index contributed by atoms with van der Waals surface area (Å²) in [5.41, 5.74) is 4.35. The molecule has 4 aromatic rings. The van der Waals surface area contributed by atoms with Crippen LogP contribution in [0.5, 0.6) is 0 Å². The van der Waals surface area contributed by atoms with Crippen molar-refractivity contribution in [3.8, 4) is 11.3 Å². The van der Waals surface area contributed by atoms with Crippen molar-refractivity contribution in [2.45, 2.75) is 26.9 Å². The summed E-state index contributed by atoms with van der Waals surface area (Å²) in [6.07, 6.45) is 3.56. The Morgan fingerprint density at radius 1 is 0.931 bits per heavy atom. The van der Waals surface area contributed by atoms with Gasteiger partial charge >= 0.3 is 0 Å². The second-order valence-electron chi connectivity index (χ2n) is 7.10. The van der Waals surface area contributed by atoms with Crippen molar-refractivity contribution in [3.05, 3.63) is 90.3 Å². The van der Waals surface area contributed by atoms with Crippen LogP contribution in [0.15, 0.2) is 79.1 Å². The topological polar surface area (TPSA) is 43.0 Å². The standard InChI is InChI=1S/C25H23N2O2/c1-3-27-22-14-8-7-13-21(22)24(25(27)19-10-5-4-6-11-19)23(29)17-26-15-9-12-20(16-26)18(2)28/h4-16H,3,17H2,1-2H3/q+1. The first kappa shape index (κ1) is 18.8. The maximum Gasteiger partial charge on any atom is 0.230 e. The number of nitrogens with zero attached hydrogens (tertiary/aromatic N) is 2. The molecule has 0 radical (unpaired) electrons. The Bertz CT molecular complexity index is 1210. The van der Waals surface area contributed by atoms with E-state index in [0.29, 0.717) is 5.56 Å². The number of ketones is 2. The van der Waals surface area contributed by atoms with Gasteiger partial charge in [0.15, 0.2) is 18.2 Å². The number of aromatic nitrogens is 2. The average Bonchev–Trinajstić information content (AvgIpc) is 3.09. The number of fused-ring (bicyclic) bond motifs is 1. The van der Waals surface area contributed by atoms with Crippen LogP contribution in [0.1, 0.15) is 34.6 Å².